The molecule has 1 atom stereocenters. The molecule has 2 aromatic heterocycles. The van der Waals surface area contributed by atoms with Crippen LogP contribution in [0.3, 0.4) is 0 Å². The minimum atomic E-state index is -0.825. The molecule has 1 saturated carbocycles. The van der Waals surface area contributed by atoms with Gasteiger partial charge < -0.3 is 44.4 Å². The lowest BCUT2D eigenvalue weighted by atomic mass is 9.81. The third kappa shape index (κ3) is 9.77. The molecule has 2 fully saturated rings. The molecular weight excluding hydrogens is 920 g/mol. The zero-order valence-corrected chi connectivity index (χ0v) is 39.2. The third-order valence-electron chi connectivity index (χ3n) is 13.4. The van der Waals surface area contributed by atoms with Crippen molar-refractivity contribution in [1.82, 2.24) is 30.1 Å². The molecule has 2 aliphatic heterocycles. The van der Waals surface area contributed by atoms with Crippen molar-refractivity contribution >= 4 is 68.6 Å². The van der Waals surface area contributed by atoms with Crippen LogP contribution in [0.4, 0.5) is 15.8 Å². The van der Waals surface area contributed by atoms with Gasteiger partial charge >= 0.3 is 0 Å². The molecule has 366 valence electrons. The Kier molecular flexibility index (Phi) is 13.3. The number of hydrogen-bond acceptors (Lipinski definition) is 13. The van der Waals surface area contributed by atoms with E-state index >= 15 is 4.39 Å². The van der Waals surface area contributed by atoms with Crippen LogP contribution in [-0.4, -0.2) is 88.3 Å². The van der Waals surface area contributed by atoms with Crippen molar-refractivity contribution in [3.05, 3.63) is 111 Å². The standard InChI is InChI=1S/C51H49FN8O11/c1-26-45(46(63)35-19-32(68-3)11-13-38(35)59(26)2)49(66)57-31-10-15-40(36(52)18-31)71-50-34-20-41(69-4)42(21-37(34)54-25-55-50)70-24-44(62)53-22-27-5-7-28(8-6-27)47(64)56-30-9-12-33-29(17-30)23-60(51(33)67)39-14-16-43(61)58-48(39)65/h9-13,15,17-21,25,27-28,39H,5-8,14,16,22-24H2,1-4H3,(H,53,62)(H,56,64)(H,57,66)(H,58,61,65). The van der Waals surface area contributed by atoms with Gasteiger partial charge in [0.15, 0.2) is 29.7 Å². The number of benzene rings is 4. The van der Waals surface area contributed by atoms with E-state index in [2.05, 4.69) is 31.2 Å². The second-order valence-electron chi connectivity index (χ2n) is 17.7. The number of carbonyl (C=O) groups excluding carboxylic acids is 6. The molecule has 1 aliphatic carbocycles. The Bertz CT molecular complexity index is 3240. The fourth-order valence-electron chi connectivity index (χ4n) is 9.36. The van der Waals surface area contributed by atoms with Crippen molar-refractivity contribution in [3.63, 3.8) is 0 Å². The molecule has 1 saturated heterocycles. The largest absolute Gasteiger partial charge is 0.497 e. The minimum Gasteiger partial charge on any atom is -0.497 e. The quantitative estimate of drug-likeness (QED) is 0.0961. The van der Waals surface area contributed by atoms with Crippen LogP contribution >= 0.6 is 0 Å². The van der Waals surface area contributed by atoms with Gasteiger partial charge in [-0.1, -0.05) is 0 Å². The molecule has 6 aromatic rings. The van der Waals surface area contributed by atoms with Gasteiger partial charge in [-0.15, -0.1) is 0 Å². The Morgan fingerprint density at radius 2 is 1.61 bits per heavy atom. The Hall–Kier alpha value is -8.42. The first kappa shape index (κ1) is 47.6. The number of methoxy groups -OCH3 is 2. The number of pyridine rings is 1. The number of aryl methyl sites for hydroxylation is 1. The molecule has 71 heavy (non-hydrogen) atoms. The second-order valence-corrected chi connectivity index (χ2v) is 17.7. The van der Waals surface area contributed by atoms with Crippen LogP contribution in [-0.2, 0) is 32.8 Å². The van der Waals surface area contributed by atoms with Crippen molar-refractivity contribution in [2.24, 2.45) is 18.9 Å². The van der Waals surface area contributed by atoms with E-state index in [1.54, 1.807) is 67.1 Å². The summed E-state index contributed by atoms with van der Waals surface area (Å²) in [6, 6.07) is 16.3. The number of halogens is 1. The SMILES string of the molecule is COc1ccc2c(c1)c(=O)c(C(=O)Nc1ccc(Oc3ncnc4cc(OCC(=O)NCC5CCC(C(=O)Nc6ccc7c(c6)CN(C6CCC(=O)NC6=O)C7=O)CC5)c(OC)cc34)c(F)c1)c(C)n2C. The number of ether oxygens (including phenoxy) is 4. The normalized spacial score (nSPS) is 17.6. The van der Waals surface area contributed by atoms with E-state index in [1.165, 1.54) is 37.6 Å². The van der Waals surface area contributed by atoms with Gasteiger partial charge in [-0.2, -0.15) is 0 Å². The average Bonchev–Trinajstić information content (AvgIpc) is 3.69. The van der Waals surface area contributed by atoms with E-state index < -0.39 is 29.1 Å². The third-order valence-corrected chi connectivity index (χ3v) is 13.4. The summed E-state index contributed by atoms with van der Waals surface area (Å²) in [7, 11) is 4.64. The van der Waals surface area contributed by atoms with Crippen LogP contribution in [0, 0.1) is 24.6 Å². The fraction of sp³-hybridized carbons (Fsp3) is 0.314. The fourth-order valence-corrected chi connectivity index (χ4v) is 9.36. The van der Waals surface area contributed by atoms with E-state index in [0.29, 0.717) is 69.4 Å². The highest BCUT2D eigenvalue weighted by molar-refractivity contribution is 6.07. The number of aromatic nitrogens is 3. The van der Waals surface area contributed by atoms with Gasteiger partial charge in [-0.3, -0.25) is 38.9 Å². The number of amides is 6. The van der Waals surface area contributed by atoms with Gasteiger partial charge in [0.05, 0.1) is 36.0 Å². The number of anilines is 2. The molecule has 9 rings (SSSR count). The molecule has 0 bridgehead atoms. The van der Waals surface area contributed by atoms with Gasteiger partial charge in [-0.25, -0.2) is 14.4 Å². The summed E-state index contributed by atoms with van der Waals surface area (Å²) in [4.78, 5) is 100. The zero-order valence-electron chi connectivity index (χ0n) is 39.2. The van der Waals surface area contributed by atoms with Crippen molar-refractivity contribution in [1.29, 1.82) is 0 Å². The lowest BCUT2D eigenvalue weighted by Crippen LogP contribution is -2.52. The molecule has 3 aliphatic rings. The van der Waals surface area contributed by atoms with E-state index in [9.17, 15) is 33.6 Å². The highest BCUT2D eigenvalue weighted by Gasteiger charge is 2.39. The van der Waals surface area contributed by atoms with E-state index in [-0.39, 0.29) is 95.8 Å². The van der Waals surface area contributed by atoms with Gasteiger partial charge in [0, 0.05) is 67.2 Å². The van der Waals surface area contributed by atoms with E-state index in [4.69, 9.17) is 18.9 Å². The van der Waals surface area contributed by atoms with Crippen molar-refractivity contribution in [2.75, 3.05) is 38.0 Å². The molecular formula is C51H49FN8O11. The van der Waals surface area contributed by atoms with Crippen LogP contribution in [0.15, 0.2) is 77.9 Å². The zero-order chi connectivity index (χ0) is 50.1. The average molecular weight is 969 g/mol. The summed E-state index contributed by atoms with van der Waals surface area (Å²) >= 11 is 0. The number of nitrogens with zero attached hydrogens (tertiary/aromatic N) is 4. The number of carbonyl (C=O) groups is 6. The minimum absolute atomic E-state index is 0.00722. The lowest BCUT2D eigenvalue weighted by Gasteiger charge is -2.29. The number of imide groups is 1. The first-order valence-corrected chi connectivity index (χ1v) is 23.0. The molecule has 6 amide bonds. The van der Waals surface area contributed by atoms with E-state index in [0.717, 1.165) is 18.9 Å². The summed E-state index contributed by atoms with van der Waals surface area (Å²) in [5, 5.41) is 11.5. The van der Waals surface area contributed by atoms with Crippen LogP contribution < -0.4 is 45.6 Å². The predicted octanol–water partition coefficient (Wildman–Crippen LogP) is 5.69. The number of nitrogens with one attached hydrogen (secondary N) is 4. The van der Waals surface area contributed by atoms with Crippen LogP contribution in [0.5, 0.6) is 28.9 Å². The van der Waals surface area contributed by atoms with Crippen LogP contribution in [0.1, 0.15) is 70.5 Å². The van der Waals surface area contributed by atoms with Crippen molar-refractivity contribution in [2.45, 2.75) is 58.0 Å². The second kappa shape index (κ2) is 19.9. The Morgan fingerprint density at radius 1 is 0.831 bits per heavy atom. The maximum atomic E-state index is 15.6. The molecule has 0 spiro atoms. The first-order valence-electron chi connectivity index (χ1n) is 23.0. The van der Waals surface area contributed by atoms with Crippen molar-refractivity contribution in [3.8, 4) is 28.9 Å². The molecule has 20 heteroatoms. The number of fused-ring (bicyclic) bond motifs is 3. The maximum Gasteiger partial charge on any atom is 0.261 e. The molecule has 0 radical (unpaired) electrons. The van der Waals surface area contributed by atoms with Gasteiger partial charge in [0.1, 0.15) is 23.7 Å². The monoisotopic (exact) mass is 968 g/mol. The van der Waals surface area contributed by atoms with Crippen LogP contribution in [0.2, 0.25) is 0 Å². The highest BCUT2D eigenvalue weighted by Crippen LogP contribution is 2.38. The van der Waals surface area contributed by atoms with E-state index in [1.807, 2.05) is 0 Å². The Morgan fingerprint density at radius 3 is 2.35 bits per heavy atom. The molecule has 1 unspecified atom stereocenters. The van der Waals surface area contributed by atoms with Gasteiger partial charge in [-0.05, 0) is 105 Å². The summed E-state index contributed by atoms with van der Waals surface area (Å²) in [6.07, 6.45) is 4.34. The summed E-state index contributed by atoms with van der Waals surface area (Å²) < 4.78 is 39.9. The summed E-state index contributed by atoms with van der Waals surface area (Å²) in [5.74, 6) is -2.54. The number of piperidine rings is 1. The van der Waals surface area contributed by atoms with Gasteiger partial charge in [0.2, 0.25) is 29.0 Å². The number of rotatable bonds is 14. The summed E-state index contributed by atoms with van der Waals surface area (Å²) in [6.45, 7) is 1.92. The molecule has 19 nitrogen and oxygen atoms in total. The van der Waals surface area contributed by atoms with Crippen molar-refractivity contribution < 1.29 is 52.1 Å². The molecule has 4 aromatic carbocycles. The topological polar surface area (TPSA) is 238 Å². The maximum absolute atomic E-state index is 15.6. The Balaban J connectivity index is 0.757. The first-order chi connectivity index (χ1) is 34.2. The smallest absolute Gasteiger partial charge is 0.261 e. The number of hydrogen-bond donors (Lipinski definition) is 4. The molecule has 4 heterocycles. The van der Waals surface area contributed by atoms with Crippen LogP contribution in [0.25, 0.3) is 21.8 Å². The lowest BCUT2D eigenvalue weighted by molar-refractivity contribution is -0.137. The van der Waals surface area contributed by atoms with Gasteiger partial charge in [0.25, 0.3) is 17.7 Å². The highest BCUT2D eigenvalue weighted by atomic mass is 19.1. The predicted molar refractivity (Wildman–Crippen MR) is 256 cm³/mol. The molecule has 4 N–H and O–H groups in total. The summed E-state index contributed by atoms with van der Waals surface area (Å²) in [5.41, 5.74) is 2.60. The Labute approximate surface area is 405 Å².